The molecule has 0 radical (unpaired) electrons. The standard InChI is InChI=1S/C23H24O3.C22H19ClO3.I2.HI/c1-14-6-8-15(9-7-14)16-10-12-17(13-11-16)20-21(24)18-4-2-3-5-19(18)22(25)23(20)26;23-17-11-9-16(10-12-17)15-7-5-14(6-8-15)13-20-21(24)18-3-1-2-4-19(18)22(25)26-20;1-2;/h2-9,16-17,20,23,26H,10-13H2,1H3;1-4,9-15H,5-8H2;;1H/b;20-13-;;/t16?,17?,20-,23?;;;/m0.../s1. The highest BCUT2D eigenvalue weighted by Gasteiger charge is 2.45. The van der Waals surface area contributed by atoms with Crippen molar-refractivity contribution < 1.29 is 29.0 Å². The van der Waals surface area contributed by atoms with Crippen molar-refractivity contribution in [2.75, 3.05) is 0 Å². The molecular weight excluding hydrogens is 1050 g/mol. The number of cyclic esters (lactones) is 1. The molecule has 1 aliphatic heterocycles. The third kappa shape index (κ3) is 10.2. The van der Waals surface area contributed by atoms with Crippen LogP contribution in [-0.2, 0) is 4.74 Å². The summed E-state index contributed by atoms with van der Waals surface area (Å²) in [5.74, 6) is -0.0383. The SMILES string of the molecule is Cc1ccc(C2CCC([C@H]3C(=O)c4ccccc4C(=O)C3O)CC2)cc1.I.II.O=C1O/C(=C\C2CCC(c3ccc(Cl)cc3)CC2)C(=O)c2ccccc21. The van der Waals surface area contributed by atoms with Crippen LogP contribution in [0.15, 0.2) is 109 Å². The zero-order valence-electron chi connectivity index (χ0n) is 30.5. The largest absolute Gasteiger partial charge is 0.419 e. The Morgan fingerprint density at radius 3 is 1.67 bits per heavy atom. The van der Waals surface area contributed by atoms with Crippen molar-refractivity contribution >= 4 is 96.1 Å². The summed E-state index contributed by atoms with van der Waals surface area (Å²) in [5, 5.41) is 11.3. The lowest BCUT2D eigenvalue weighted by molar-refractivity contribution is 0.0342. The fourth-order valence-electron chi connectivity index (χ4n) is 8.55. The Balaban J connectivity index is 0.000000199. The zero-order valence-corrected chi connectivity index (χ0v) is 37.9. The van der Waals surface area contributed by atoms with E-state index in [9.17, 15) is 24.3 Å². The number of aryl methyl sites for hydroxylation is 1. The van der Waals surface area contributed by atoms with Gasteiger partial charge in [-0.25, -0.2) is 4.79 Å². The number of fused-ring (bicyclic) bond motifs is 2. The number of halogens is 4. The van der Waals surface area contributed by atoms with E-state index in [0.29, 0.717) is 34.1 Å². The van der Waals surface area contributed by atoms with Crippen molar-refractivity contribution in [3.63, 3.8) is 0 Å². The first-order chi connectivity index (χ1) is 26.2. The number of rotatable bonds is 4. The second-order valence-electron chi connectivity index (χ2n) is 14.7. The molecule has 10 heteroatoms. The van der Waals surface area contributed by atoms with E-state index in [4.69, 9.17) is 16.3 Å². The number of aliphatic hydroxyl groups excluding tert-OH is 1. The summed E-state index contributed by atoms with van der Waals surface area (Å²) in [6, 6.07) is 30.4. The quantitative estimate of drug-likeness (QED) is 0.124. The Kier molecular flexibility index (Phi) is 16.1. The number of hydrogen-bond donors (Lipinski definition) is 1. The number of ether oxygens (including phenoxy) is 1. The summed E-state index contributed by atoms with van der Waals surface area (Å²) in [7, 11) is 0. The second-order valence-corrected chi connectivity index (χ2v) is 15.2. The van der Waals surface area contributed by atoms with Gasteiger partial charge in [0.05, 0.1) is 11.5 Å². The Bertz CT molecular complexity index is 2010. The maximum Gasteiger partial charge on any atom is 0.344 e. The predicted molar refractivity (Wildman–Crippen MR) is 244 cm³/mol. The number of benzene rings is 4. The number of esters is 1. The number of carbonyl (C=O) groups is 4. The molecule has 2 saturated carbocycles. The van der Waals surface area contributed by atoms with Gasteiger partial charge in [0.1, 0.15) is 6.10 Å². The van der Waals surface area contributed by atoms with Gasteiger partial charge in [0.15, 0.2) is 17.3 Å². The van der Waals surface area contributed by atoms with Gasteiger partial charge in [0, 0.05) is 58.9 Å². The Morgan fingerprint density at radius 2 is 1.11 bits per heavy atom. The Labute approximate surface area is 368 Å². The fraction of sp³-hybridized carbons (Fsp3) is 0.333. The van der Waals surface area contributed by atoms with Crippen molar-refractivity contribution in [1.29, 1.82) is 0 Å². The average molecular weight is 1100 g/mol. The molecule has 6 nitrogen and oxygen atoms in total. The smallest absolute Gasteiger partial charge is 0.344 e. The van der Waals surface area contributed by atoms with Crippen LogP contribution in [0.3, 0.4) is 0 Å². The summed E-state index contributed by atoms with van der Waals surface area (Å²) < 4.78 is 5.31. The molecule has 0 saturated heterocycles. The van der Waals surface area contributed by atoms with E-state index >= 15 is 0 Å². The highest BCUT2D eigenvalue weighted by Crippen LogP contribution is 2.43. The van der Waals surface area contributed by atoms with Gasteiger partial charge in [-0.1, -0.05) is 96.0 Å². The lowest BCUT2D eigenvalue weighted by atomic mass is 9.67. The highest BCUT2D eigenvalue weighted by molar-refractivity contribution is 15.0. The van der Waals surface area contributed by atoms with Gasteiger partial charge < -0.3 is 9.84 Å². The minimum atomic E-state index is -1.20. The molecule has 0 bridgehead atoms. The predicted octanol–water partition coefficient (Wildman–Crippen LogP) is 12.3. The van der Waals surface area contributed by atoms with Gasteiger partial charge in [-0.15, -0.1) is 24.0 Å². The summed E-state index contributed by atoms with van der Waals surface area (Å²) in [6.07, 6.45) is 8.46. The molecule has 4 aliphatic rings. The minimum absolute atomic E-state index is 0. The molecular formula is C45H44ClI3O6. The van der Waals surface area contributed by atoms with Crippen molar-refractivity contribution in [1.82, 2.24) is 0 Å². The van der Waals surface area contributed by atoms with Crippen molar-refractivity contribution in [3.05, 3.63) is 153 Å². The Hall–Kier alpha value is -2.46. The van der Waals surface area contributed by atoms with E-state index in [1.807, 2.05) is 18.2 Å². The molecule has 288 valence electrons. The van der Waals surface area contributed by atoms with E-state index in [0.717, 1.165) is 56.4 Å². The van der Waals surface area contributed by atoms with Gasteiger partial charge in [-0.05, 0) is 117 Å². The Morgan fingerprint density at radius 1 is 0.636 bits per heavy atom. The van der Waals surface area contributed by atoms with Crippen LogP contribution in [0.25, 0.3) is 0 Å². The van der Waals surface area contributed by atoms with Crippen LogP contribution in [0, 0.1) is 24.7 Å². The van der Waals surface area contributed by atoms with Crippen molar-refractivity contribution in [3.8, 4) is 0 Å². The first-order valence-electron chi connectivity index (χ1n) is 18.6. The van der Waals surface area contributed by atoms with Crippen molar-refractivity contribution in [2.45, 2.75) is 76.2 Å². The van der Waals surface area contributed by atoms with E-state index in [-0.39, 0.29) is 58.9 Å². The lowest BCUT2D eigenvalue weighted by Gasteiger charge is -2.37. The van der Waals surface area contributed by atoms with Gasteiger partial charge in [0.25, 0.3) is 0 Å². The molecule has 1 heterocycles. The first-order valence-corrected chi connectivity index (χ1v) is 25.2. The van der Waals surface area contributed by atoms with Crippen LogP contribution in [0.4, 0.5) is 0 Å². The maximum absolute atomic E-state index is 12.9. The maximum atomic E-state index is 12.9. The fourth-order valence-corrected chi connectivity index (χ4v) is 8.68. The van der Waals surface area contributed by atoms with Crippen LogP contribution >= 0.6 is 72.8 Å². The third-order valence-corrected chi connectivity index (χ3v) is 11.8. The van der Waals surface area contributed by atoms with E-state index in [1.54, 1.807) is 48.5 Å². The molecule has 0 spiro atoms. The van der Waals surface area contributed by atoms with Crippen LogP contribution in [0.2, 0.25) is 5.02 Å². The zero-order chi connectivity index (χ0) is 38.4. The second kappa shape index (κ2) is 20.3. The summed E-state index contributed by atoms with van der Waals surface area (Å²) in [5.41, 5.74) is 5.56. The van der Waals surface area contributed by atoms with E-state index < -0.39 is 18.0 Å². The highest BCUT2D eigenvalue weighted by atomic mass is 128. The van der Waals surface area contributed by atoms with Crippen LogP contribution in [-0.4, -0.2) is 34.5 Å². The molecule has 0 aromatic heterocycles. The molecule has 1 N–H and O–H groups in total. The van der Waals surface area contributed by atoms with E-state index in [2.05, 4.69) is 80.6 Å². The minimum Gasteiger partial charge on any atom is -0.419 e. The molecule has 0 amide bonds. The van der Waals surface area contributed by atoms with Crippen LogP contribution in [0.5, 0.6) is 0 Å². The number of ketones is 3. The average Bonchev–Trinajstić information content (AvgIpc) is 3.21. The lowest BCUT2D eigenvalue weighted by Crippen LogP contribution is -2.45. The summed E-state index contributed by atoms with van der Waals surface area (Å²) >= 11 is 10.2. The molecule has 2 atom stereocenters. The number of carbonyl (C=O) groups excluding carboxylic acids is 4. The molecule has 4 aromatic carbocycles. The van der Waals surface area contributed by atoms with Crippen LogP contribution < -0.4 is 0 Å². The number of aliphatic hydroxyl groups is 1. The van der Waals surface area contributed by atoms with Crippen molar-refractivity contribution in [2.24, 2.45) is 17.8 Å². The number of allylic oxidation sites excluding steroid dienone is 2. The molecule has 4 aromatic rings. The molecule has 1 unspecified atom stereocenters. The molecule has 8 rings (SSSR count). The summed E-state index contributed by atoms with van der Waals surface area (Å²) in [6.45, 7) is 2.09. The molecule has 55 heavy (non-hydrogen) atoms. The number of Topliss-reactive ketones (excluding diaryl/α,β-unsaturated/α-hetero) is 3. The molecule has 2 fully saturated rings. The van der Waals surface area contributed by atoms with Crippen LogP contribution in [0.1, 0.15) is 121 Å². The third-order valence-electron chi connectivity index (χ3n) is 11.5. The van der Waals surface area contributed by atoms with Gasteiger partial charge in [-0.2, -0.15) is 0 Å². The molecule has 3 aliphatic carbocycles. The first kappa shape index (κ1) is 43.7. The van der Waals surface area contributed by atoms with Gasteiger partial charge in [0.2, 0.25) is 5.78 Å². The van der Waals surface area contributed by atoms with Gasteiger partial charge in [-0.3, -0.25) is 14.4 Å². The van der Waals surface area contributed by atoms with E-state index in [1.165, 1.54) is 16.7 Å². The van der Waals surface area contributed by atoms with Gasteiger partial charge >= 0.3 is 5.97 Å². The summed E-state index contributed by atoms with van der Waals surface area (Å²) in [4.78, 5) is 50.2. The topological polar surface area (TPSA) is 97.7 Å². The monoisotopic (exact) mass is 1100 g/mol. The number of hydrogen-bond acceptors (Lipinski definition) is 6. The normalized spacial score (nSPS) is 25.1.